The summed E-state index contributed by atoms with van der Waals surface area (Å²) < 4.78 is 0. The van der Waals surface area contributed by atoms with Gasteiger partial charge in [-0.2, -0.15) is 5.10 Å². The molecule has 144 valence electrons. The molecule has 0 aliphatic carbocycles. The zero-order valence-electron chi connectivity index (χ0n) is 15.3. The van der Waals surface area contributed by atoms with Crippen molar-refractivity contribution in [2.45, 2.75) is 0 Å². The van der Waals surface area contributed by atoms with Gasteiger partial charge in [0.15, 0.2) is 0 Å². The molecule has 4 rings (SSSR count). The normalized spacial score (nSPS) is 13.6. The van der Waals surface area contributed by atoms with Gasteiger partial charge in [0.05, 0.1) is 15.7 Å². The average Bonchev–Trinajstić information content (AvgIpc) is 2.86. The Morgan fingerprint density at radius 2 is 1.59 bits per heavy atom. The fraction of sp³-hybridized carbons (Fsp3) is 0.0455. The fourth-order valence-electron chi connectivity index (χ4n) is 3.10. The maximum atomic E-state index is 13.2. The number of imide groups is 1. The lowest BCUT2D eigenvalue weighted by molar-refractivity contribution is 0.0811. The number of hydrogen-bond acceptors (Lipinski definition) is 3. The third-order valence-corrected chi connectivity index (χ3v) is 5.33. The second-order valence-corrected chi connectivity index (χ2v) is 7.23. The summed E-state index contributed by atoms with van der Waals surface area (Å²) in [5, 5.41) is 5.89. The van der Waals surface area contributed by atoms with E-state index in [1.165, 1.54) is 23.1 Å². The highest BCUT2D eigenvalue weighted by atomic mass is 35.5. The van der Waals surface area contributed by atoms with Crippen molar-refractivity contribution in [1.29, 1.82) is 0 Å². The van der Waals surface area contributed by atoms with Gasteiger partial charge in [0.25, 0.3) is 5.91 Å². The van der Waals surface area contributed by atoms with E-state index in [4.69, 9.17) is 23.2 Å². The van der Waals surface area contributed by atoms with Crippen molar-refractivity contribution in [1.82, 2.24) is 5.01 Å². The zero-order chi connectivity index (χ0) is 20.5. The van der Waals surface area contributed by atoms with Crippen LogP contribution in [0.3, 0.4) is 0 Å². The molecule has 1 aliphatic rings. The van der Waals surface area contributed by atoms with Gasteiger partial charge >= 0.3 is 6.03 Å². The average molecular weight is 424 g/mol. The number of nitrogens with zero attached hydrogens (tertiary/aromatic N) is 3. The van der Waals surface area contributed by atoms with E-state index >= 15 is 0 Å². The number of para-hydroxylation sites is 1. The van der Waals surface area contributed by atoms with Crippen LogP contribution in [0.15, 0.2) is 77.9 Å². The molecule has 0 bridgehead atoms. The zero-order valence-corrected chi connectivity index (χ0v) is 16.9. The lowest BCUT2D eigenvalue weighted by Gasteiger charge is -2.21. The number of halogens is 2. The Hall–Kier alpha value is -3.15. The van der Waals surface area contributed by atoms with Gasteiger partial charge in [0, 0.05) is 23.7 Å². The lowest BCUT2D eigenvalue weighted by Crippen LogP contribution is -2.41. The molecule has 29 heavy (non-hydrogen) atoms. The maximum absolute atomic E-state index is 13.2. The molecule has 3 amide bonds. The number of amides is 3. The molecule has 3 aromatic carbocycles. The first-order valence-corrected chi connectivity index (χ1v) is 9.53. The molecule has 0 radical (unpaired) electrons. The number of rotatable bonds is 2. The molecular formula is C22H15Cl2N3O2. The van der Waals surface area contributed by atoms with Gasteiger partial charge in [-0.15, -0.1) is 5.01 Å². The Morgan fingerprint density at radius 3 is 2.31 bits per heavy atom. The molecule has 0 atom stereocenters. The first-order chi connectivity index (χ1) is 14.0. The minimum atomic E-state index is -0.596. The number of carbonyl (C=O) groups excluding carboxylic acids is 2. The minimum Gasteiger partial charge on any atom is -0.295 e. The molecule has 3 aromatic rings. The predicted molar refractivity (Wildman–Crippen MR) is 115 cm³/mol. The molecule has 0 aromatic heterocycles. The number of urea groups is 1. The molecule has 7 heteroatoms. The Morgan fingerprint density at radius 1 is 0.897 bits per heavy atom. The van der Waals surface area contributed by atoms with Gasteiger partial charge < -0.3 is 0 Å². The third-order valence-electron chi connectivity index (χ3n) is 4.59. The van der Waals surface area contributed by atoms with Crippen molar-refractivity contribution in [2.75, 3.05) is 11.9 Å². The Labute approximate surface area is 177 Å². The number of hydrogen-bond donors (Lipinski definition) is 0. The van der Waals surface area contributed by atoms with E-state index in [0.717, 1.165) is 16.1 Å². The number of hydrazone groups is 1. The van der Waals surface area contributed by atoms with E-state index in [9.17, 15) is 9.59 Å². The third kappa shape index (κ3) is 3.50. The van der Waals surface area contributed by atoms with Crippen molar-refractivity contribution >= 4 is 46.5 Å². The van der Waals surface area contributed by atoms with Crippen molar-refractivity contribution in [3.63, 3.8) is 0 Å². The summed E-state index contributed by atoms with van der Waals surface area (Å²) in [6.45, 7) is 0. The second kappa shape index (κ2) is 7.70. The monoisotopic (exact) mass is 423 g/mol. The van der Waals surface area contributed by atoms with E-state index in [1.807, 2.05) is 54.6 Å². The molecule has 5 nitrogen and oxygen atoms in total. The van der Waals surface area contributed by atoms with Crippen LogP contribution in [-0.2, 0) is 0 Å². The second-order valence-electron chi connectivity index (χ2n) is 6.42. The number of carbonyl (C=O) groups is 2. The summed E-state index contributed by atoms with van der Waals surface area (Å²) >= 11 is 12.0. The van der Waals surface area contributed by atoms with Crippen LogP contribution in [0.25, 0.3) is 0 Å². The van der Waals surface area contributed by atoms with Crippen LogP contribution in [0.4, 0.5) is 10.5 Å². The maximum Gasteiger partial charge on any atom is 0.352 e. The SMILES string of the molecule is CN1C(=O)N(C(=O)c2ccc(Cl)c(Cl)c2)N=C(c2ccccc2)c2ccccc21. The molecule has 0 fully saturated rings. The number of benzene rings is 3. The smallest absolute Gasteiger partial charge is 0.295 e. The van der Waals surface area contributed by atoms with Gasteiger partial charge in [0.1, 0.15) is 5.71 Å². The molecule has 1 aliphatic heterocycles. The van der Waals surface area contributed by atoms with Gasteiger partial charge in [-0.1, -0.05) is 71.7 Å². The van der Waals surface area contributed by atoms with Crippen LogP contribution in [-0.4, -0.2) is 29.7 Å². The largest absolute Gasteiger partial charge is 0.352 e. The highest BCUT2D eigenvalue weighted by Gasteiger charge is 2.32. The lowest BCUT2D eigenvalue weighted by atomic mass is 10.0. The van der Waals surface area contributed by atoms with Crippen LogP contribution in [0, 0.1) is 0 Å². The van der Waals surface area contributed by atoms with Gasteiger partial charge in [-0.3, -0.25) is 9.69 Å². The fourth-order valence-corrected chi connectivity index (χ4v) is 3.40. The summed E-state index contributed by atoms with van der Waals surface area (Å²) in [5.41, 5.74) is 2.93. The van der Waals surface area contributed by atoms with Crippen LogP contribution in [0.1, 0.15) is 21.5 Å². The van der Waals surface area contributed by atoms with Crippen molar-refractivity contribution < 1.29 is 9.59 Å². The van der Waals surface area contributed by atoms with E-state index in [2.05, 4.69) is 5.10 Å². The molecule has 0 unspecified atom stereocenters. The van der Waals surface area contributed by atoms with E-state index < -0.39 is 11.9 Å². The van der Waals surface area contributed by atoms with Gasteiger partial charge in [-0.05, 0) is 24.3 Å². The summed E-state index contributed by atoms with van der Waals surface area (Å²) in [7, 11) is 1.61. The summed E-state index contributed by atoms with van der Waals surface area (Å²) in [6.07, 6.45) is 0. The Kier molecular flexibility index (Phi) is 5.09. The van der Waals surface area contributed by atoms with Crippen LogP contribution < -0.4 is 4.90 Å². The standard InChI is InChI=1S/C22H15Cl2N3O2/c1-26-19-10-6-5-9-16(19)20(14-7-3-2-4-8-14)25-27(22(26)29)21(28)15-11-12-17(23)18(24)13-15/h2-13H,1H3. The van der Waals surface area contributed by atoms with E-state index in [0.29, 0.717) is 16.4 Å². The predicted octanol–water partition coefficient (Wildman–Crippen LogP) is 5.46. The first kappa shape index (κ1) is 19.2. The van der Waals surface area contributed by atoms with Crippen molar-refractivity contribution in [3.05, 3.63) is 99.5 Å². The molecule has 0 saturated heterocycles. The molecule has 1 heterocycles. The molecule has 0 saturated carbocycles. The quantitative estimate of drug-likeness (QED) is 0.549. The summed E-state index contributed by atoms with van der Waals surface area (Å²) in [4.78, 5) is 27.7. The van der Waals surface area contributed by atoms with Crippen LogP contribution >= 0.6 is 23.2 Å². The highest BCUT2D eigenvalue weighted by molar-refractivity contribution is 6.42. The number of fused-ring (bicyclic) bond motifs is 1. The number of anilines is 1. The molecule has 0 N–H and O–H groups in total. The minimum absolute atomic E-state index is 0.211. The Bertz CT molecular complexity index is 1150. The summed E-state index contributed by atoms with van der Waals surface area (Å²) in [6, 6.07) is 20.7. The molecular weight excluding hydrogens is 409 g/mol. The topological polar surface area (TPSA) is 53.0 Å². The van der Waals surface area contributed by atoms with Crippen LogP contribution in [0.2, 0.25) is 10.0 Å². The Balaban J connectivity index is 1.89. The van der Waals surface area contributed by atoms with E-state index in [1.54, 1.807) is 7.05 Å². The van der Waals surface area contributed by atoms with Gasteiger partial charge in [-0.25, -0.2) is 4.79 Å². The van der Waals surface area contributed by atoms with Gasteiger partial charge in [0.2, 0.25) is 0 Å². The first-order valence-electron chi connectivity index (χ1n) is 8.78. The highest BCUT2D eigenvalue weighted by Crippen LogP contribution is 2.29. The van der Waals surface area contributed by atoms with Crippen molar-refractivity contribution in [3.8, 4) is 0 Å². The van der Waals surface area contributed by atoms with Crippen LogP contribution in [0.5, 0.6) is 0 Å². The summed E-state index contributed by atoms with van der Waals surface area (Å²) in [5.74, 6) is -0.596. The van der Waals surface area contributed by atoms with E-state index in [-0.39, 0.29) is 10.6 Å². The van der Waals surface area contributed by atoms with Crippen molar-refractivity contribution in [2.24, 2.45) is 5.10 Å². The molecule has 0 spiro atoms.